The molecule has 2 aromatic heterocycles. The van der Waals surface area contributed by atoms with E-state index in [4.69, 9.17) is 5.11 Å². The van der Waals surface area contributed by atoms with Crippen LogP contribution in [0.25, 0.3) is 11.4 Å². The summed E-state index contributed by atoms with van der Waals surface area (Å²) < 4.78 is 0. The highest BCUT2D eigenvalue weighted by molar-refractivity contribution is 5.70. The Balaban J connectivity index is 1.78. The molecule has 0 aliphatic heterocycles. The number of aromatic nitrogens is 3. The van der Waals surface area contributed by atoms with E-state index in [1.807, 2.05) is 26.0 Å². The fraction of sp³-hybridized carbons (Fsp3) is 0.444. The molecule has 0 radical (unpaired) electrons. The van der Waals surface area contributed by atoms with E-state index in [1.165, 1.54) is 0 Å². The van der Waals surface area contributed by atoms with E-state index in [9.17, 15) is 4.79 Å². The van der Waals surface area contributed by atoms with Gasteiger partial charge in [0.1, 0.15) is 5.82 Å². The topological polar surface area (TPSA) is 88.0 Å². The number of aliphatic carboxylic acids is 1. The second-order valence-electron chi connectivity index (χ2n) is 6.37. The van der Waals surface area contributed by atoms with Crippen LogP contribution in [0.5, 0.6) is 0 Å². The van der Waals surface area contributed by atoms with Gasteiger partial charge in [0.15, 0.2) is 5.82 Å². The lowest BCUT2D eigenvalue weighted by molar-refractivity contribution is -0.142. The van der Waals surface area contributed by atoms with Crippen molar-refractivity contribution in [1.82, 2.24) is 15.0 Å². The minimum atomic E-state index is -0.678. The Morgan fingerprint density at radius 1 is 1.12 bits per heavy atom. The van der Waals surface area contributed by atoms with Gasteiger partial charge >= 0.3 is 5.97 Å². The number of carboxylic acids is 1. The molecule has 3 rings (SSSR count). The van der Waals surface area contributed by atoms with Crippen LogP contribution in [-0.4, -0.2) is 32.1 Å². The molecule has 0 amide bonds. The third-order valence-corrected chi connectivity index (χ3v) is 4.75. The number of carbonyl (C=O) groups is 1. The molecule has 1 fully saturated rings. The molecule has 2 heterocycles. The molecule has 126 valence electrons. The number of nitrogens with one attached hydrogen (secondary N) is 1. The van der Waals surface area contributed by atoms with Crippen molar-refractivity contribution >= 4 is 11.8 Å². The molecule has 0 spiro atoms. The van der Waals surface area contributed by atoms with Crippen LogP contribution in [-0.2, 0) is 4.79 Å². The second kappa shape index (κ2) is 6.95. The lowest BCUT2D eigenvalue weighted by Crippen LogP contribution is -2.30. The molecule has 2 aromatic rings. The van der Waals surface area contributed by atoms with Crippen LogP contribution >= 0.6 is 0 Å². The van der Waals surface area contributed by atoms with Crippen molar-refractivity contribution < 1.29 is 9.90 Å². The van der Waals surface area contributed by atoms with Gasteiger partial charge in [-0.2, -0.15) is 0 Å². The summed E-state index contributed by atoms with van der Waals surface area (Å²) in [4.78, 5) is 24.4. The lowest BCUT2D eigenvalue weighted by Gasteiger charge is -2.28. The van der Waals surface area contributed by atoms with Gasteiger partial charge in [0.05, 0.1) is 5.92 Å². The fourth-order valence-electron chi connectivity index (χ4n) is 3.08. The number of carboxylic acid groups (broad SMARTS) is 1. The van der Waals surface area contributed by atoms with Crippen LogP contribution in [0, 0.1) is 19.8 Å². The van der Waals surface area contributed by atoms with Crippen molar-refractivity contribution in [2.75, 3.05) is 5.32 Å². The highest BCUT2D eigenvalue weighted by atomic mass is 16.4. The van der Waals surface area contributed by atoms with Gasteiger partial charge in [0.25, 0.3) is 0 Å². The van der Waals surface area contributed by atoms with E-state index in [0.29, 0.717) is 18.7 Å². The number of pyridine rings is 1. The van der Waals surface area contributed by atoms with E-state index >= 15 is 0 Å². The zero-order chi connectivity index (χ0) is 17.1. The lowest BCUT2D eigenvalue weighted by atomic mass is 9.86. The molecular weight excluding hydrogens is 304 g/mol. The first-order valence-electron chi connectivity index (χ1n) is 8.29. The maximum atomic E-state index is 11.1. The molecule has 6 heteroatoms. The molecule has 1 aliphatic rings. The van der Waals surface area contributed by atoms with Crippen molar-refractivity contribution in [3.8, 4) is 11.4 Å². The zero-order valence-corrected chi connectivity index (χ0v) is 14.0. The smallest absolute Gasteiger partial charge is 0.306 e. The molecule has 0 unspecified atom stereocenters. The number of anilines is 1. The van der Waals surface area contributed by atoms with Gasteiger partial charge in [-0.1, -0.05) is 0 Å². The molecule has 0 atom stereocenters. The summed E-state index contributed by atoms with van der Waals surface area (Å²) in [6.45, 7) is 3.99. The van der Waals surface area contributed by atoms with Crippen molar-refractivity contribution in [1.29, 1.82) is 0 Å². The fourth-order valence-corrected chi connectivity index (χ4v) is 3.08. The van der Waals surface area contributed by atoms with Crippen molar-refractivity contribution in [3.63, 3.8) is 0 Å². The van der Waals surface area contributed by atoms with Crippen molar-refractivity contribution in [2.24, 2.45) is 5.92 Å². The SMILES string of the molecule is Cc1nc(-c2ccncc2)nc(NC2CCC(C(=O)O)CC2)c1C. The van der Waals surface area contributed by atoms with Gasteiger partial charge in [-0.05, 0) is 51.7 Å². The van der Waals surface area contributed by atoms with E-state index in [-0.39, 0.29) is 12.0 Å². The van der Waals surface area contributed by atoms with E-state index < -0.39 is 5.97 Å². The monoisotopic (exact) mass is 326 g/mol. The first-order chi connectivity index (χ1) is 11.5. The molecule has 24 heavy (non-hydrogen) atoms. The van der Waals surface area contributed by atoms with E-state index in [0.717, 1.165) is 35.5 Å². The highest BCUT2D eigenvalue weighted by Crippen LogP contribution is 2.28. The Hall–Kier alpha value is -2.50. The Labute approximate surface area is 141 Å². The third kappa shape index (κ3) is 3.53. The molecule has 1 saturated carbocycles. The first-order valence-corrected chi connectivity index (χ1v) is 8.29. The normalized spacial score (nSPS) is 20.6. The third-order valence-electron chi connectivity index (χ3n) is 4.75. The number of aryl methyl sites for hydroxylation is 1. The summed E-state index contributed by atoms with van der Waals surface area (Å²) in [5, 5.41) is 12.6. The van der Waals surface area contributed by atoms with Crippen LogP contribution in [0.1, 0.15) is 36.9 Å². The Kier molecular flexibility index (Phi) is 4.74. The summed E-state index contributed by atoms with van der Waals surface area (Å²) in [6.07, 6.45) is 6.59. The van der Waals surface area contributed by atoms with Gasteiger partial charge in [0, 0.05) is 35.3 Å². The second-order valence-corrected chi connectivity index (χ2v) is 6.37. The largest absolute Gasteiger partial charge is 0.481 e. The van der Waals surface area contributed by atoms with Crippen LogP contribution in [0.3, 0.4) is 0 Å². The van der Waals surface area contributed by atoms with Crippen LogP contribution in [0.15, 0.2) is 24.5 Å². The predicted molar refractivity (Wildman–Crippen MR) is 91.7 cm³/mol. The average Bonchev–Trinajstić information content (AvgIpc) is 2.60. The Morgan fingerprint density at radius 3 is 2.42 bits per heavy atom. The minimum Gasteiger partial charge on any atom is -0.481 e. The Bertz CT molecular complexity index is 725. The van der Waals surface area contributed by atoms with Gasteiger partial charge in [-0.15, -0.1) is 0 Å². The van der Waals surface area contributed by atoms with Crippen LogP contribution in [0.4, 0.5) is 5.82 Å². The Morgan fingerprint density at radius 2 is 1.79 bits per heavy atom. The highest BCUT2D eigenvalue weighted by Gasteiger charge is 2.26. The van der Waals surface area contributed by atoms with Gasteiger partial charge < -0.3 is 10.4 Å². The molecule has 6 nitrogen and oxygen atoms in total. The number of rotatable bonds is 4. The molecule has 0 saturated heterocycles. The summed E-state index contributed by atoms with van der Waals surface area (Å²) in [5.41, 5.74) is 2.91. The number of nitrogens with zero attached hydrogens (tertiary/aromatic N) is 3. The quantitative estimate of drug-likeness (QED) is 0.897. The maximum Gasteiger partial charge on any atom is 0.306 e. The zero-order valence-electron chi connectivity index (χ0n) is 14.0. The van der Waals surface area contributed by atoms with Gasteiger partial charge in [0.2, 0.25) is 0 Å². The van der Waals surface area contributed by atoms with Crippen LogP contribution in [0.2, 0.25) is 0 Å². The molecular formula is C18H22N4O2. The first kappa shape index (κ1) is 16.4. The minimum absolute atomic E-state index is 0.205. The molecule has 2 N–H and O–H groups in total. The van der Waals surface area contributed by atoms with E-state index in [1.54, 1.807) is 12.4 Å². The summed E-state index contributed by atoms with van der Waals surface area (Å²) >= 11 is 0. The predicted octanol–water partition coefficient (Wildman–Crippen LogP) is 3.21. The summed E-state index contributed by atoms with van der Waals surface area (Å²) in [5.74, 6) is 0.640. The van der Waals surface area contributed by atoms with Crippen molar-refractivity contribution in [3.05, 3.63) is 35.8 Å². The van der Waals surface area contributed by atoms with Crippen LogP contribution < -0.4 is 5.32 Å². The molecule has 1 aliphatic carbocycles. The van der Waals surface area contributed by atoms with Gasteiger partial charge in [-0.3, -0.25) is 9.78 Å². The molecule has 0 aromatic carbocycles. The standard InChI is InChI=1S/C18H22N4O2/c1-11-12(2)20-17(13-7-9-19-10-8-13)22-16(11)21-15-5-3-14(4-6-15)18(23)24/h7-10,14-15H,3-6H2,1-2H3,(H,23,24)(H,20,21,22). The number of hydrogen-bond acceptors (Lipinski definition) is 5. The van der Waals surface area contributed by atoms with E-state index in [2.05, 4.69) is 20.3 Å². The summed E-state index contributed by atoms with van der Waals surface area (Å²) in [7, 11) is 0. The average molecular weight is 326 g/mol. The summed E-state index contributed by atoms with van der Waals surface area (Å²) in [6, 6.07) is 4.05. The molecule has 0 bridgehead atoms. The number of hydrogen-bond donors (Lipinski definition) is 2. The van der Waals surface area contributed by atoms with Crippen molar-refractivity contribution in [2.45, 2.75) is 45.6 Å². The van der Waals surface area contributed by atoms with Gasteiger partial charge in [-0.25, -0.2) is 9.97 Å². The maximum absolute atomic E-state index is 11.1.